The van der Waals surface area contributed by atoms with Gasteiger partial charge in [-0.2, -0.15) is 0 Å². The fraction of sp³-hybridized carbons (Fsp3) is 0.286. The molecule has 0 saturated heterocycles. The average Bonchev–Trinajstić information content (AvgIpc) is 2.90. The third-order valence-electron chi connectivity index (χ3n) is 5.46. The van der Waals surface area contributed by atoms with Crippen LogP contribution in [0.25, 0.3) is 0 Å². The van der Waals surface area contributed by atoms with Gasteiger partial charge in [-0.15, -0.1) is 0 Å². The van der Waals surface area contributed by atoms with E-state index < -0.39 is 0 Å². The summed E-state index contributed by atoms with van der Waals surface area (Å²) < 4.78 is 0. The van der Waals surface area contributed by atoms with Crippen LogP contribution in [0.2, 0.25) is 0 Å². The minimum Gasteiger partial charge on any atom is -0.335 e. The van der Waals surface area contributed by atoms with Gasteiger partial charge in [-0.05, 0) is 48.6 Å². The van der Waals surface area contributed by atoms with Gasteiger partial charge in [-0.1, -0.05) is 24.3 Å². The van der Waals surface area contributed by atoms with E-state index in [2.05, 4.69) is 12.1 Å². The first kappa shape index (κ1) is 16.5. The quantitative estimate of drug-likeness (QED) is 0.784. The van der Waals surface area contributed by atoms with E-state index in [-0.39, 0.29) is 23.8 Å². The van der Waals surface area contributed by atoms with Crippen molar-refractivity contribution in [1.29, 1.82) is 0 Å². The maximum absolute atomic E-state index is 13.0. The summed E-state index contributed by atoms with van der Waals surface area (Å²) in [5.74, 6) is -0.812. The molecule has 132 valence electrons. The highest BCUT2D eigenvalue weighted by Crippen LogP contribution is 2.34. The van der Waals surface area contributed by atoms with Crippen LogP contribution in [0, 0.1) is 0 Å². The zero-order chi connectivity index (χ0) is 18.4. The van der Waals surface area contributed by atoms with Gasteiger partial charge in [0.05, 0.1) is 17.2 Å². The lowest BCUT2D eigenvalue weighted by Gasteiger charge is -2.33. The second-order valence-corrected chi connectivity index (χ2v) is 6.95. The van der Waals surface area contributed by atoms with E-state index in [4.69, 9.17) is 0 Å². The van der Waals surface area contributed by atoms with Crippen LogP contribution in [0.15, 0.2) is 42.5 Å². The molecule has 2 aromatic carbocycles. The van der Waals surface area contributed by atoms with Crippen LogP contribution in [0.4, 0.5) is 0 Å². The Morgan fingerprint density at radius 2 is 1.81 bits per heavy atom. The van der Waals surface area contributed by atoms with Crippen molar-refractivity contribution < 1.29 is 14.4 Å². The van der Waals surface area contributed by atoms with E-state index in [1.165, 1.54) is 18.2 Å². The van der Waals surface area contributed by atoms with E-state index in [0.29, 0.717) is 16.7 Å². The van der Waals surface area contributed by atoms with Crippen molar-refractivity contribution in [3.63, 3.8) is 0 Å². The summed E-state index contributed by atoms with van der Waals surface area (Å²) in [5, 5.41) is 0. The molecule has 1 unspecified atom stereocenters. The van der Waals surface area contributed by atoms with Crippen molar-refractivity contribution in [3.05, 3.63) is 70.3 Å². The molecule has 1 aliphatic heterocycles. The first-order valence-corrected chi connectivity index (χ1v) is 8.80. The number of carbonyl (C=O) groups excluding carboxylic acids is 3. The van der Waals surface area contributed by atoms with Crippen molar-refractivity contribution in [2.45, 2.75) is 25.3 Å². The highest BCUT2D eigenvalue weighted by atomic mass is 16.2. The first-order valence-electron chi connectivity index (χ1n) is 8.80. The molecular weight excluding hydrogens is 328 g/mol. The monoisotopic (exact) mass is 348 g/mol. The summed E-state index contributed by atoms with van der Waals surface area (Å²) in [6.45, 7) is 0. The molecule has 0 aromatic heterocycles. The van der Waals surface area contributed by atoms with Crippen LogP contribution in [-0.4, -0.2) is 41.6 Å². The molecule has 0 radical (unpaired) electrons. The van der Waals surface area contributed by atoms with Gasteiger partial charge in [0.15, 0.2) is 0 Å². The van der Waals surface area contributed by atoms with E-state index in [9.17, 15) is 14.4 Å². The number of fused-ring (bicyclic) bond motifs is 2. The average molecular weight is 348 g/mol. The van der Waals surface area contributed by atoms with Gasteiger partial charge in [0.25, 0.3) is 17.7 Å². The zero-order valence-electron chi connectivity index (χ0n) is 14.9. The van der Waals surface area contributed by atoms with Crippen molar-refractivity contribution in [2.75, 3.05) is 14.1 Å². The SMILES string of the molecule is CN1C(=O)c2ccc(C(=O)N(C)C3CCCc4ccccc43)cc2C1=O. The largest absolute Gasteiger partial charge is 0.335 e. The summed E-state index contributed by atoms with van der Waals surface area (Å²) in [6.07, 6.45) is 3.00. The standard InChI is InChI=1S/C21H20N2O3/c1-22(18-9-5-7-13-6-3-4-8-15(13)18)19(24)14-10-11-16-17(12-14)21(26)23(2)20(16)25/h3-4,6,8,10-12,18H,5,7,9H2,1-2H3. The molecule has 0 fully saturated rings. The predicted molar refractivity (Wildman–Crippen MR) is 97.1 cm³/mol. The lowest BCUT2D eigenvalue weighted by molar-refractivity contribution is 0.0691. The summed E-state index contributed by atoms with van der Waals surface area (Å²) in [6, 6.07) is 13.0. The molecule has 1 heterocycles. The Hall–Kier alpha value is -2.95. The lowest BCUT2D eigenvalue weighted by atomic mass is 9.86. The summed E-state index contributed by atoms with van der Waals surface area (Å²) in [5.41, 5.74) is 3.59. The fourth-order valence-corrected chi connectivity index (χ4v) is 3.97. The Balaban J connectivity index is 1.65. The second-order valence-electron chi connectivity index (χ2n) is 6.95. The van der Waals surface area contributed by atoms with Gasteiger partial charge < -0.3 is 4.90 Å². The zero-order valence-corrected chi connectivity index (χ0v) is 14.9. The molecule has 4 rings (SSSR count). The molecular formula is C21H20N2O3. The van der Waals surface area contributed by atoms with E-state index >= 15 is 0 Å². The van der Waals surface area contributed by atoms with Crippen molar-refractivity contribution in [3.8, 4) is 0 Å². The van der Waals surface area contributed by atoms with E-state index in [1.807, 2.05) is 12.1 Å². The third kappa shape index (κ3) is 2.43. The van der Waals surface area contributed by atoms with Crippen LogP contribution in [0.1, 0.15) is 61.1 Å². The molecule has 5 nitrogen and oxygen atoms in total. The minimum atomic E-state index is -0.356. The van der Waals surface area contributed by atoms with Crippen molar-refractivity contribution in [2.24, 2.45) is 0 Å². The lowest BCUT2D eigenvalue weighted by Crippen LogP contribution is -2.33. The van der Waals surface area contributed by atoms with Gasteiger partial charge >= 0.3 is 0 Å². The molecule has 2 aromatic rings. The number of carbonyl (C=O) groups is 3. The number of aryl methyl sites for hydroxylation is 1. The van der Waals surface area contributed by atoms with Crippen molar-refractivity contribution in [1.82, 2.24) is 9.80 Å². The molecule has 26 heavy (non-hydrogen) atoms. The maximum Gasteiger partial charge on any atom is 0.261 e. The van der Waals surface area contributed by atoms with Gasteiger partial charge in [0.2, 0.25) is 0 Å². The molecule has 2 aliphatic rings. The number of nitrogens with zero attached hydrogens (tertiary/aromatic N) is 2. The van der Waals surface area contributed by atoms with Crippen LogP contribution < -0.4 is 0 Å². The third-order valence-corrected chi connectivity index (χ3v) is 5.46. The van der Waals surface area contributed by atoms with E-state index in [1.54, 1.807) is 30.1 Å². The number of hydrogen-bond donors (Lipinski definition) is 0. The number of hydrogen-bond acceptors (Lipinski definition) is 3. The molecule has 0 saturated carbocycles. The summed E-state index contributed by atoms with van der Waals surface area (Å²) >= 11 is 0. The number of benzene rings is 2. The van der Waals surface area contributed by atoms with Crippen LogP contribution in [0.3, 0.4) is 0 Å². The van der Waals surface area contributed by atoms with E-state index in [0.717, 1.165) is 24.2 Å². The Morgan fingerprint density at radius 1 is 1.08 bits per heavy atom. The molecule has 0 N–H and O–H groups in total. The number of rotatable bonds is 2. The number of imide groups is 1. The Kier molecular flexibility index (Phi) is 3.87. The Bertz CT molecular complexity index is 935. The second kappa shape index (κ2) is 6.09. The number of amides is 3. The predicted octanol–water partition coefficient (Wildman–Crippen LogP) is 3.06. The van der Waals surface area contributed by atoms with Gasteiger partial charge in [-0.3, -0.25) is 19.3 Å². The Labute approximate surface area is 152 Å². The molecule has 0 spiro atoms. The summed E-state index contributed by atoms with van der Waals surface area (Å²) in [4.78, 5) is 40.1. The molecule has 3 amide bonds. The molecule has 0 bridgehead atoms. The normalized spacial score (nSPS) is 18.5. The maximum atomic E-state index is 13.0. The smallest absolute Gasteiger partial charge is 0.261 e. The topological polar surface area (TPSA) is 57.7 Å². The van der Waals surface area contributed by atoms with Crippen LogP contribution in [0.5, 0.6) is 0 Å². The molecule has 1 atom stereocenters. The minimum absolute atomic E-state index is 0.0284. The van der Waals surface area contributed by atoms with Crippen LogP contribution >= 0.6 is 0 Å². The summed E-state index contributed by atoms with van der Waals surface area (Å²) in [7, 11) is 3.26. The Morgan fingerprint density at radius 3 is 2.62 bits per heavy atom. The highest BCUT2D eigenvalue weighted by molar-refractivity contribution is 6.21. The van der Waals surface area contributed by atoms with Gasteiger partial charge in [0.1, 0.15) is 0 Å². The first-order chi connectivity index (χ1) is 12.5. The fourth-order valence-electron chi connectivity index (χ4n) is 3.97. The highest BCUT2D eigenvalue weighted by Gasteiger charge is 2.34. The van der Waals surface area contributed by atoms with Gasteiger partial charge in [0, 0.05) is 19.7 Å². The van der Waals surface area contributed by atoms with Gasteiger partial charge in [-0.25, -0.2) is 0 Å². The van der Waals surface area contributed by atoms with Crippen LogP contribution in [-0.2, 0) is 6.42 Å². The molecule has 1 aliphatic carbocycles. The molecule has 5 heteroatoms. The van der Waals surface area contributed by atoms with Crippen molar-refractivity contribution >= 4 is 17.7 Å².